The van der Waals surface area contributed by atoms with Gasteiger partial charge < -0.3 is 0 Å². The lowest BCUT2D eigenvalue weighted by Crippen LogP contribution is -1.90. The second kappa shape index (κ2) is 12.3. The molecule has 0 saturated heterocycles. The largest absolute Gasteiger partial charge is 0.202 e. The molecule has 0 bridgehead atoms. The monoisotopic (exact) mass is 230 g/mol. The van der Waals surface area contributed by atoms with Gasteiger partial charge in [-0.1, -0.05) is 43.5 Å². The van der Waals surface area contributed by atoms with Gasteiger partial charge in [-0.15, -0.1) is 0 Å². The lowest BCUT2D eigenvalue weighted by molar-refractivity contribution is 0.715. The Morgan fingerprint density at radius 2 is 1.59 bits per heavy atom. The van der Waals surface area contributed by atoms with Gasteiger partial charge >= 0.3 is 0 Å². The van der Waals surface area contributed by atoms with Crippen LogP contribution in [-0.4, -0.2) is 0 Å². The van der Waals surface area contributed by atoms with Gasteiger partial charge in [-0.2, -0.15) is 0 Å². The van der Waals surface area contributed by atoms with E-state index in [-0.39, 0.29) is 0 Å². The zero-order valence-electron chi connectivity index (χ0n) is 11.1. The number of benzene rings is 1. The van der Waals surface area contributed by atoms with E-state index in [2.05, 4.69) is 52.1 Å². The first-order chi connectivity index (χ1) is 8.24. The standard InChI is InChI=1S/C13H20.2CHN/c1-4-5-6-7-13-10-11(2)8-9-12(13)3;2*1-2/h8-10H,4-7H2,1-3H3;2*1H. The van der Waals surface area contributed by atoms with Crippen LogP contribution in [0.15, 0.2) is 18.2 Å². The SMILES string of the molecule is C#N.C#N.CCCCCc1cc(C)ccc1C. The van der Waals surface area contributed by atoms with Gasteiger partial charge in [0.2, 0.25) is 0 Å². The Morgan fingerprint density at radius 1 is 1.00 bits per heavy atom. The van der Waals surface area contributed by atoms with Crippen molar-refractivity contribution in [3.05, 3.63) is 34.9 Å². The summed E-state index contributed by atoms with van der Waals surface area (Å²) in [6, 6.07) is 6.75. The van der Waals surface area contributed by atoms with Crippen LogP contribution in [0.4, 0.5) is 0 Å². The van der Waals surface area contributed by atoms with Crippen molar-refractivity contribution in [2.45, 2.75) is 46.5 Å². The minimum atomic E-state index is 1.25. The maximum atomic E-state index is 6.50. The first-order valence-electron chi connectivity index (χ1n) is 5.82. The number of unbranched alkanes of at least 4 members (excludes halogenated alkanes) is 2. The average molecular weight is 230 g/mol. The van der Waals surface area contributed by atoms with Gasteiger partial charge in [0, 0.05) is 13.1 Å². The molecule has 0 aliphatic heterocycles. The fourth-order valence-electron chi connectivity index (χ4n) is 1.64. The van der Waals surface area contributed by atoms with Crippen LogP contribution in [0.25, 0.3) is 0 Å². The molecular weight excluding hydrogens is 208 g/mol. The average Bonchev–Trinajstić information content (AvgIpc) is 2.39. The summed E-state index contributed by atoms with van der Waals surface area (Å²) in [4.78, 5) is 0. The van der Waals surface area contributed by atoms with E-state index in [1.54, 1.807) is 0 Å². The van der Waals surface area contributed by atoms with Crippen LogP contribution in [0.2, 0.25) is 0 Å². The second-order valence-electron chi connectivity index (χ2n) is 3.89. The molecule has 0 N–H and O–H groups in total. The Kier molecular flexibility index (Phi) is 12.7. The number of nitrogens with zero attached hydrogens (tertiary/aromatic N) is 2. The molecule has 0 spiro atoms. The molecule has 0 heterocycles. The van der Waals surface area contributed by atoms with Gasteiger partial charge in [-0.25, -0.2) is 10.5 Å². The molecule has 0 fully saturated rings. The molecule has 0 radical (unpaired) electrons. The van der Waals surface area contributed by atoms with E-state index in [9.17, 15) is 0 Å². The third-order valence-electron chi connectivity index (χ3n) is 2.55. The molecule has 2 heteroatoms. The van der Waals surface area contributed by atoms with Crippen molar-refractivity contribution in [2.24, 2.45) is 0 Å². The normalized spacial score (nSPS) is 8.18. The number of aryl methyl sites for hydroxylation is 3. The van der Waals surface area contributed by atoms with Crippen LogP contribution in [0.5, 0.6) is 0 Å². The van der Waals surface area contributed by atoms with E-state index in [1.165, 1.54) is 42.4 Å². The lowest BCUT2D eigenvalue weighted by atomic mass is 10.0. The molecule has 0 unspecified atom stereocenters. The van der Waals surface area contributed by atoms with Crippen LogP contribution >= 0.6 is 0 Å². The summed E-state index contributed by atoms with van der Waals surface area (Å²) in [6.45, 7) is 13.6. The molecular formula is C15H22N2. The van der Waals surface area contributed by atoms with Gasteiger partial charge in [0.15, 0.2) is 0 Å². The van der Waals surface area contributed by atoms with Crippen molar-refractivity contribution in [1.82, 2.24) is 0 Å². The van der Waals surface area contributed by atoms with Crippen molar-refractivity contribution in [3.63, 3.8) is 0 Å². The van der Waals surface area contributed by atoms with Crippen LogP contribution in [-0.2, 0) is 6.42 Å². The topological polar surface area (TPSA) is 47.6 Å². The Hall–Kier alpha value is -1.80. The first-order valence-corrected chi connectivity index (χ1v) is 5.82. The summed E-state index contributed by atoms with van der Waals surface area (Å²) in [5.74, 6) is 0. The highest BCUT2D eigenvalue weighted by Crippen LogP contribution is 2.13. The molecule has 92 valence electrons. The van der Waals surface area contributed by atoms with Crippen LogP contribution < -0.4 is 0 Å². The summed E-state index contributed by atoms with van der Waals surface area (Å²) in [6.07, 6.45) is 5.25. The molecule has 17 heavy (non-hydrogen) atoms. The molecule has 0 aromatic heterocycles. The number of rotatable bonds is 4. The van der Waals surface area contributed by atoms with Gasteiger partial charge in [-0.3, -0.25) is 0 Å². The minimum absolute atomic E-state index is 1.25. The van der Waals surface area contributed by atoms with Gasteiger partial charge in [0.1, 0.15) is 0 Å². The molecule has 0 aliphatic rings. The predicted molar refractivity (Wildman–Crippen MR) is 72.5 cm³/mol. The molecule has 0 aliphatic carbocycles. The quantitative estimate of drug-likeness (QED) is 0.723. The summed E-state index contributed by atoms with van der Waals surface area (Å²) in [5, 5.41) is 13.0. The fourth-order valence-corrected chi connectivity index (χ4v) is 1.64. The highest BCUT2D eigenvalue weighted by Gasteiger charge is 1.97. The van der Waals surface area contributed by atoms with E-state index < -0.39 is 0 Å². The summed E-state index contributed by atoms with van der Waals surface area (Å²) in [5.41, 5.74) is 4.37. The first kappa shape index (κ1) is 17.6. The van der Waals surface area contributed by atoms with Crippen LogP contribution in [0.3, 0.4) is 0 Å². The Bertz CT molecular complexity index is 331. The maximum absolute atomic E-state index is 6.50. The van der Waals surface area contributed by atoms with Crippen LogP contribution in [0, 0.1) is 37.5 Å². The minimum Gasteiger partial charge on any atom is -0.202 e. The third kappa shape index (κ3) is 8.05. The van der Waals surface area contributed by atoms with E-state index in [1.807, 2.05) is 0 Å². The lowest BCUT2D eigenvalue weighted by Gasteiger charge is -2.06. The third-order valence-corrected chi connectivity index (χ3v) is 2.55. The highest BCUT2D eigenvalue weighted by molar-refractivity contribution is 5.30. The van der Waals surface area contributed by atoms with E-state index in [0.29, 0.717) is 0 Å². The van der Waals surface area contributed by atoms with Crippen molar-refractivity contribution < 1.29 is 0 Å². The molecule has 0 amide bonds. The van der Waals surface area contributed by atoms with E-state index in [0.717, 1.165) is 0 Å². The smallest absolute Gasteiger partial charge is 0.0462 e. The Balaban J connectivity index is 0. The Morgan fingerprint density at radius 3 is 2.12 bits per heavy atom. The van der Waals surface area contributed by atoms with Gasteiger partial charge in [0.25, 0.3) is 0 Å². The van der Waals surface area contributed by atoms with Crippen molar-refractivity contribution in [2.75, 3.05) is 0 Å². The van der Waals surface area contributed by atoms with Gasteiger partial charge in [0.05, 0.1) is 0 Å². The molecule has 1 aromatic carbocycles. The number of nitriles is 2. The van der Waals surface area contributed by atoms with Crippen molar-refractivity contribution in [3.8, 4) is 13.1 Å². The zero-order chi connectivity index (χ0) is 13.7. The van der Waals surface area contributed by atoms with Crippen molar-refractivity contribution in [1.29, 1.82) is 10.5 Å². The summed E-state index contributed by atoms with van der Waals surface area (Å²) >= 11 is 0. The maximum Gasteiger partial charge on any atom is 0.0462 e. The van der Waals surface area contributed by atoms with Crippen molar-refractivity contribution >= 4 is 0 Å². The van der Waals surface area contributed by atoms with E-state index >= 15 is 0 Å². The predicted octanol–water partition coefficient (Wildman–Crippen LogP) is 4.32. The second-order valence-corrected chi connectivity index (χ2v) is 3.89. The molecule has 1 aromatic rings. The van der Waals surface area contributed by atoms with E-state index in [4.69, 9.17) is 10.5 Å². The highest BCUT2D eigenvalue weighted by atomic mass is 14.2. The summed E-state index contributed by atoms with van der Waals surface area (Å²) in [7, 11) is 0. The summed E-state index contributed by atoms with van der Waals surface area (Å²) < 4.78 is 0. The molecule has 0 saturated carbocycles. The van der Waals surface area contributed by atoms with Gasteiger partial charge in [-0.05, 0) is 37.8 Å². The molecule has 2 nitrogen and oxygen atoms in total. The number of hydrogen-bond acceptors (Lipinski definition) is 2. The number of hydrogen-bond donors (Lipinski definition) is 0. The molecule has 1 rings (SSSR count). The fraction of sp³-hybridized carbons (Fsp3) is 0.467. The Labute approximate surface area is 106 Å². The molecule has 0 atom stereocenters. The zero-order valence-corrected chi connectivity index (χ0v) is 11.1. The van der Waals surface area contributed by atoms with Crippen LogP contribution in [0.1, 0.15) is 42.9 Å².